The first-order valence-corrected chi connectivity index (χ1v) is 7.25. The van der Waals surface area contributed by atoms with Crippen LogP contribution in [0, 0.1) is 6.92 Å². The van der Waals surface area contributed by atoms with Gasteiger partial charge in [-0.15, -0.1) is 0 Å². The summed E-state index contributed by atoms with van der Waals surface area (Å²) < 4.78 is 5.69. The van der Waals surface area contributed by atoms with Gasteiger partial charge >= 0.3 is 5.97 Å². The molecule has 2 heterocycles. The van der Waals surface area contributed by atoms with Crippen molar-refractivity contribution in [2.45, 2.75) is 19.5 Å². The molecule has 0 aliphatic carbocycles. The first kappa shape index (κ1) is 14.5. The van der Waals surface area contributed by atoms with E-state index in [9.17, 15) is 9.90 Å². The van der Waals surface area contributed by atoms with Gasteiger partial charge in [0.05, 0.1) is 5.69 Å². The van der Waals surface area contributed by atoms with Gasteiger partial charge in [-0.2, -0.15) is 0 Å². The maximum absolute atomic E-state index is 11.8. The van der Waals surface area contributed by atoms with Gasteiger partial charge in [0.1, 0.15) is 18.4 Å². The Morgan fingerprint density at radius 2 is 2.18 bits per heavy atom. The van der Waals surface area contributed by atoms with Crippen molar-refractivity contribution in [1.82, 2.24) is 9.88 Å². The Morgan fingerprint density at radius 1 is 1.36 bits per heavy atom. The van der Waals surface area contributed by atoms with Crippen LogP contribution in [0.5, 0.6) is 5.75 Å². The van der Waals surface area contributed by atoms with Gasteiger partial charge in [-0.3, -0.25) is 14.7 Å². The molecule has 1 aliphatic heterocycles. The van der Waals surface area contributed by atoms with Crippen molar-refractivity contribution < 1.29 is 14.6 Å². The number of aromatic nitrogens is 1. The average molecular weight is 298 g/mol. The largest absolute Gasteiger partial charge is 0.492 e. The van der Waals surface area contributed by atoms with Crippen LogP contribution < -0.4 is 4.74 Å². The maximum atomic E-state index is 11.8. The highest BCUT2D eigenvalue weighted by molar-refractivity contribution is 5.76. The molecule has 1 aliphatic rings. The van der Waals surface area contributed by atoms with Crippen molar-refractivity contribution in [2.75, 3.05) is 13.2 Å². The standard InChI is InChI=1S/C17H18N2O3/c1-12-6-7-13(18-10-12)11-19-8-9-22-15-5-3-2-4-14(15)16(19)17(20)21/h2-7,10,16H,8-9,11H2,1H3,(H,20,21). The third kappa shape index (κ3) is 2.94. The van der Waals surface area contributed by atoms with Crippen LogP contribution in [0.3, 0.4) is 0 Å². The molecular weight excluding hydrogens is 280 g/mol. The number of carboxylic acids is 1. The van der Waals surface area contributed by atoms with E-state index in [1.54, 1.807) is 6.20 Å². The lowest BCUT2D eigenvalue weighted by Crippen LogP contribution is -2.34. The number of ether oxygens (including phenoxy) is 1. The van der Waals surface area contributed by atoms with E-state index in [1.807, 2.05) is 48.2 Å². The summed E-state index contributed by atoms with van der Waals surface area (Å²) in [6.07, 6.45) is 1.80. The molecule has 1 atom stereocenters. The van der Waals surface area contributed by atoms with Crippen molar-refractivity contribution in [3.8, 4) is 5.75 Å². The molecule has 114 valence electrons. The quantitative estimate of drug-likeness (QED) is 0.943. The Hall–Kier alpha value is -2.40. The second-order valence-corrected chi connectivity index (χ2v) is 5.42. The van der Waals surface area contributed by atoms with Crippen molar-refractivity contribution in [2.24, 2.45) is 0 Å². The number of fused-ring (bicyclic) bond motifs is 1. The molecule has 0 fully saturated rings. The molecule has 5 heteroatoms. The normalized spacial score (nSPS) is 18.1. The van der Waals surface area contributed by atoms with Crippen molar-refractivity contribution in [3.05, 3.63) is 59.4 Å². The fourth-order valence-electron chi connectivity index (χ4n) is 2.70. The van der Waals surface area contributed by atoms with Crippen LogP contribution in [-0.4, -0.2) is 34.1 Å². The van der Waals surface area contributed by atoms with E-state index in [4.69, 9.17) is 4.74 Å². The van der Waals surface area contributed by atoms with E-state index in [1.165, 1.54) is 0 Å². The molecule has 1 aromatic carbocycles. The molecule has 0 saturated heterocycles. The van der Waals surface area contributed by atoms with Gasteiger partial charge in [0.15, 0.2) is 0 Å². The van der Waals surface area contributed by atoms with Crippen molar-refractivity contribution in [3.63, 3.8) is 0 Å². The molecule has 1 N–H and O–H groups in total. The highest BCUT2D eigenvalue weighted by atomic mass is 16.5. The Labute approximate surface area is 129 Å². The highest BCUT2D eigenvalue weighted by Crippen LogP contribution is 2.32. The number of aryl methyl sites for hydroxylation is 1. The minimum absolute atomic E-state index is 0.465. The van der Waals surface area contributed by atoms with Crippen LogP contribution in [-0.2, 0) is 11.3 Å². The van der Waals surface area contributed by atoms with Crippen LogP contribution in [0.2, 0.25) is 0 Å². The lowest BCUT2D eigenvalue weighted by molar-refractivity contribution is -0.143. The van der Waals surface area contributed by atoms with Gasteiger partial charge in [-0.1, -0.05) is 24.3 Å². The van der Waals surface area contributed by atoms with Crippen LogP contribution in [0.1, 0.15) is 22.9 Å². The number of aliphatic carboxylic acids is 1. The fourth-order valence-corrected chi connectivity index (χ4v) is 2.70. The third-order valence-corrected chi connectivity index (χ3v) is 3.79. The molecular formula is C17H18N2O3. The molecule has 22 heavy (non-hydrogen) atoms. The zero-order valence-electron chi connectivity index (χ0n) is 12.4. The number of carbonyl (C=O) groups is 1. The van der Waals surface area contributed by atoms with Crippen molar-refractivity contribution in [1.29, 1.82) is 0 Å². The average Bonchev–Trinajstić information content (AvgIpc) is 2.68. The second-order valence-electron chi connectivity index (χ2n) is 5.42. The lowest BCUT2D eigenvalue weighted by Gasteiger charge is -2.26. The molecule has 1 unspecified atom stereocenters. The predicted octanol–water partition coefficient (Wildman–Crippen LogP) is 2.41. The molecule has 0 radical (unpaired) electrons. The van der Waals surface area contributed by atoms with Gasteiger partial charge in [0.25, 0.3) is 0 Å². The molecule has 3 rings (SSSR count). The van der Waals surface area contributed by atoms with E-state index < -0.39 is 12.0 Å². The summed E-state index contributed by atoms with van der Waals surface area (Å²) in [4.78, 5) is 18.1. The summed E-state index contributed by atoms with van der Waals surface area (Å²) in [6.45, 7) is 3.47. The number of pyridine rings is 1. The molecule has 0 amide bonds. The number of carboxylic acid groups (broad SMARTS) is 1. The Morgan fingerprint density at radius 3 is 2.91 bits per heavy atom. The number of para-hydroxylation sites is 1. The number of hydrogen-bond donors (Lipinski definition) is 1. The van der Waals surface area contributed by atoms with Crippen LogP contribution in [0.15, 0.2) is 42.6 Å². The summed E-state index contributed by atoms with van der Waals surface area (Å²) >= 11 is 0. The van der Waals surface area contributed by atoms with E-state index in [0.29, 0.717) is 31.0 Å². The van der Waals surface area contributed by atoms with Gasteiger partial charge in [0.2, 0.25) is 0 Å². The van der Waals surface area contributed by atoms with E-state index in [-0.39, 0.29) is 0 Å². The smallest absolute Gasteiger partial charge is 0.325 e. The Balaban J connectivity index is 1.92. The third-order valence-electron chi connectivity index (χ3n) is 3.79. The lowest BCUT2D eigenvalue weighted by atomic mass is 10.0. The van der Waals surface area contributed by atoms with E-state index >= 15 is 0 Å². The Bertz CT molecular complexity index is 670. The second kappa shape index (κ2) is 6.15. The zero-order chi connectivity index (χ0) is 15.5. The molecule has 5 nitrogen and oxygen atoms in total. The first-order chi connectivity index (χ1) is 10.6. The zero-order valence-corrected chi connectivity index (χ0v) is 12.4. The van der Waals surface area contributed by atoms with Gasteiger partial charge in [-0.25, -0.2) is 0 Å². The fraction of sp³-hybridized carbons (Fsp3) is 0.294. The maximum Gasteiger partial charge on any atom is 0.325 e. The molecule has 0 spiro atoms. The van der Waals surface area contributed by atoms with Crippen LogP contribution >= 0.6 is 0 Å². The van der Waals surface area contributed by atoms with Crippen LogP contribution in [0.4, 0.5) is 0 Å². The van der Waals surface area contributed by atoms with Gasteiger partial charge < -0.3 is 9.84 Å². The summed E-state index contributed by atoms with van der Waals surface area (Å²) in [5.41, 5.74) is 2.64. The highest BCUT2D eigenvalue weighted by Gasteiger charge is 2.32. The summed E-state index contributed by atoms with van der Waals surface area (Å²) in [5, 5.41) is 9.68. The SMILES string of the molecule is Cc1ccc(CN2CCOc3ccccc3C2C(=O)O)nc1. The van der Waals surface area contributed by atoms with E-state index in [2.05, 4.69) is 4.98 Å². The number of benzene rings is 1. The predicted molar refractivity (Wildman–Crippen MR) is 81.7 cm³/mol. The molecule has 2 aromatic rings. The number of hydrogen-bond acceptors (Lipinski definition) is 4. The Kier molecular flexibility index (Phi) is 4.06. The van der Waals surface area contributed by atoms with Gasteiger partial charge in [0, 0.05) is 24.8 Å². The molecule has 0 bridgehead atoms. The monoisotopic (exact) mass is 298 g/mol. The van der Waals surface area contributed by atoms with Crippen molar-refractivity contribution >= 4 is 5.97 Å². The topological polar surface area (TPSA) is 62.7 Å². The number of nitrogens with zero attached hydrogens (tertiary/aromatic N) is 2. The molecule has 1 aromatic heterocycles. The summed E-state index contributed by atoms with van der Waals surface area (Å²) in [5.74, 6) is -0.223. The van der Waals surface area contributed by atoms with Crippen LogP contribution in [0.25, 0.3) is 0 Å². The van der Waals surface area contributed by atoms with Gasteiger partial charge in [-0.05, 0) is 24.6 Å². The minimum atomic E-state index is -0.870. The molecule has 0 saturated carbocycles. The minimum Gasteiger partial charge on any atom is -0.492 e. The van der Waals surface area contributed by atoms with E-state index in [0.717, 1.165) is 11.3 Å². The number of rotatable bonds is 3. The first-order valence-electron chi connectivity index (χ1n) is 7.25. The summed E-state index contributed by atoms with van der Waals surface area (Å²) in [7, 11) is 0. The summed E-state index contributed by atoms with van der Waals surface area (Å²) in [6, 6.07) is 10.5.